The van der Waals surface area contributed by atoms with Crippen LogP contribution in [0.2, 0.25) is 0 Å². The number of H-pyrrole nitrogens is 2. The summed E-state index contributed by atoms with van der Waals surface area (Å²) in [6.45, 7) is 7.56. The van der Waals surface area contributed by atoms with E-state index >= 15 is 0 Å². The van der Waals surface area contributed by atoms with E-state index in [0.29, 0.717) is 5.65 Å². The van der Waals surface area contributed by atoms with Gasteiger partial charge in [0.2, 0.25) is 0 Å². The van der Waals surface area contributed by atoms with Crippen molar-refractivity contribution in [1.82, 2.24) is 19.9 Å². The van der Waals surface area contributed by atoms with Gasteiger partial charge in [-0.1, -0.05) is 32.0 Å². The number of aromatic nitrogens is 3. The first-order valence-corrected chi connectivity index (χ1v) is 8.84. The molecule has 0 atom stereocenters. The zero-order chi connectivity index (χ0) is 18.9. The summed E-state index contributed by atoms with van der Waals surface area (Å²) in [5.74, 6) is 0. The van der Waals surface area contributed by atoms with E-state index in [1.165, 1.54) is 5.56 Å². The zero-order valence-corrected chi connectivity index (χ0v) is 15.4. The molecule has 1 aliphatic rings. The lowest BCUT2D eigenvalue weighted by molar-refractivity contribution is 0.216. The maximum absolute atomic E-state index is 11.6. The Kier molecular flexibility index (Phi) is 6.96. The van der Waals surface area contributed by atoms with Crippen molar-refractivity contribution in [3.8, 4) is 0 Å². The highest BCUT2D eigenvalue weighted by Gasteiger charge is 2.17. The Morgan fingerprint density at radius 1 is 1.08 bits per heavy atom. The third-order valence-corrected chi connectivity index (χ3v) is 3.87. The van der Waals surface area contributed by atoms with Gasteiger partial charge in [0.05, 0.1) is 5.52 Å². The van der Waals surface area contributed by atoms with Crippen LogP contribution in [0.5, 0.6) is 0 Å². The Morgan fingerprint density at radius 3 is 2.58 bits per heavy atom. The number of hydrogen-bond acceptors (Lipinski definition) is 3. The Labute approximate surface area is 152 Å². The SMILES string of the molecule is CC.CCN1CCc2ccccc2NC1=O.O=c1[nH]c2cccnc2[nH]1. The van der Waals surface area contributed by atoms with Crippen molar-refractivity contribution in [3.63, 3.8) is 0 Å². The maximum Gasteiger partial charge on any atom is 0.325 e. The second kappa shape index (κ2) is 9.41. The largest absolute Gasteiger partial charge is 0.325 e. The molecule has 1 aliphatic heterocycles. The average molecular weight is 355 g/mol. The van der Waals surface area contributed by atoms with Crippen LogP contribution in [-0.2, 0) is 6.42 Å². The van der Waals surface area contributed by atoms with Crippen LogP contribution >= 0.6 is 0 Å². The van der Waals surface area contributed by atoms with Crippen molar-refractivity contribution in [2.75, 3.05) is 18.4 Å². The predicted molar refractivity (Wildman–Crippen MR) is 104 cm³/mol. The third-order valence-electron chi connectivity index (χ3n) is 3.87. The number of carbonyl (C=O) groups is 1. The highest BCUT2D eigenvalue weighted by Crippen LogP contribution is 2.19. The molecule has 138 valence electrons. The Bertz CT molecular complexity index is 864. The van der Waals surface area contributed by atoms with Gasteiger partial charge in [-0.15, -0.1) is 0 Å². The second-order valence-corrected chi connectivity index (χ2v) is 5.40. The van der Waals surface area contributed by atoms with Crippen LogP contribution < -0.4 is 11.0 Å². The van der Waals surface area contributed by atoms with E-state index in [1.54, 1.807) is 18.3 Å². The van der Waals surface area contributed by atoms with E-state index in [4.69, 9.17) is 0 Å². The van der Waals surface area contributed by atoms with Crippen LogP contribution in [-0.4, -0.2) is 39.0 Å². The standard InChI is InChI=1S/C11H14N2O.C6H5N3O.C2H6/c1-2-13-8-7-9-5-3-4-6-10(9)12-11(13)14;10-6-8-4-2-1-3-7-5(4)9-6;1-2/h3-6H,2,7-8H2,1H3,(H,12,14);1-3H,(H2,7,8,9,10);1-2H3. The maximum atomic E-state index is 11.6. The van der Waals surface area contributed by atoms with Gasteiger partial charge in [0, 0.05) is 25.0 Å². The molecule has 3 N–H and O–H groups in total. The van der Waals surface area contributed by atoms with Crippen LogP contribution in [0.1, 0.15) is 26.3 Å². The quantitative estimate of drug-likeness (QED) is 0.625. The first-order chi connectivity index (χ1) is 12.7. The molecule has 3 heterocycles. The molecule has 2 amide bonds. The number of anilines is 1. The van der Waals surface area contributed by atoms with Gasteiger partial charge in [0.25, 0.3) is 0 Å². The van der Waals surface area contributed by atoms with Crippen LogP contribution in [0, 0.1) is 0 Å². The van der Waals surface area contributed by atoms with Gasteiger partial charge in [-0.05, 0) is 37.1 Å². The molecular formula is C19H25N5O2. The van der Waals surface area contributed by atoms with Crippen molar-refractivity contribution in [1.29, 1.82) is 0 Å². The number of nitrogens with one attached hydrogen (secondary N) is 3. The van der Waals surface area contributed by atoms with Crippen molar-refractivity contribution in [2.45, 2.75) is 27.2 Å². The fraction of sp³-hybridized carbons (Fsp3) is 0.316. The highest BCUT2D eigenvalue weighted by molar-refractivity contribution is 5.90. The number of fused-ring (bicyclic) bond motifs is 2. The van der Waals surface area contributed by atoms with E-state index in [2.05, 4.69) is 26.3 Å². The number of imidazole rings is 1. The lowest BCUT2D eigenvalue weighted by atomic mass is 10.1. The Hall–Kier alpha value is -3.09. The van der Waals surface area contributed by atoms with E-state index in [0.717, 1.165) is 30.7 Å². The monoisotopic (exact) mass is 355 g/mol. The van der Waals surface area contributed by atoms with Crippen molar-refractivity contribution in [2.24, 2.45) is 0 Å². The number of hydrogen-bond donors (Lipinski definition) is 3. The molecule has 1 aromatic carbocycles. The summed E-state index contributed by atoms with van der Waals surface area (Å²) in [6, 6.07) is 11.5. The van der Waals surface area contributed by atoms with Gasteiger partial charge in [0.1, 0.15) is 0 Å². The Morgan fingerprint density at radius 2 is 1.85 bits per heavy atom. The number of likely N-dealkylation sites (N-methyl/N-ethyl adjacent to an activating group) is 1. The fourth-order valence-corrected chi connectivity index (χ4v) is 2.58. The van der Waals surface area contributed by atoms with Crippen LogP contribution in [0.4, 0.5) is 10.5 Å². The minimum Gasteiger partial charge on any atom is -0.324 e. The third kappa shape index (κ3) is 4.72. The second-order valence-electron chi connectivity index (χ2n) is 5.40. The molecule has 0 saturated carbocycles. The van der Waals surface area contributed by atoms with Gasteiger partial charge in [0.15, 0.2) is 5.65 Å². The molecule has 7 nitrogen and oxygen atoms in total. The zero-order valence-electron chi connectivity index (χ0n) is 15.4. The van der Waals surface area contributed by atoms with Crippen molar-refractivity contribution >= 4 is 22.9 Å². The summed E-state index contributed by atoms with van der Waals surface area (Å²) >= 11 is 0. The molecule has 7 heteroatoms. The molecule has 0 unspecified atom stereocenters. The summed E-state index contributed by atoms with van der Waals surface area (Å²) in [7, 11) is 0. The molecule has 0 aliphatic carbocycles. The average Bonchev–Trinajstić information content (AvgIpc) is 2.97. The lowest BCUT2D eigenvalue weighted by Crippen LogP contribution is -2.34. The first-order valence-electron chi connectivity index (χ1n) is 8.84. The minimum atomic E-state index is -0.214. The van der Waals surface area contributed by atoms with Crippen LogP contribution in [0.25, 0.3) is 11.2 Å². The van der Waals surface area contributed by atoms with Gasteiger partial charge < -0.3 is 15.2 Å². The summed E-state index contributed by atoms with van der Waals surface area (Å²) in [5, 5.41) is 2.91. The molecule has 4 rings (SSSR count). The number of nitrogens with zero attached hydrogens (tertiary/aromatic N) is 2. The topological polar surface area (TPSA) is 93.9 Å². The summed E-state index contributed by atoms with van der Waals surface area (Å²) in [4.78, 5) is 33.1. The van der Waals surface area contributed by atoms with Gasteiger partial charge in [-0.25, -0.2) is 14.6 Å². The number of pyridine rings is 1. The highest BCUT2D eigenvalue weighted by atomic mass is 16.2. The summed E-state index contributed by atoms with van der Waals surface area (Å²) in [6.07, 6.45) is 2.56. The molecule has 0 saturated heterocycles. The van der Waals surface area contributed by atoms with Gasteiger partial charge in [-0.2, -0.15) is 0 Å². The smallest absolute Gasteiger partial charge is 0.324 e. The molecular weight excluding hydrogens is 330 g/mol. The van der Waals surface area contributed by atoms with Crippen molar-refractivity contribution < 1.29 is 4.79 Å². The molecule has 0 radical (unpaired) electrons. The van der Waals surface area contributed by atoms with E-state index < -0.39 is 0 Å². The van der Waals surface area contributed by atoms with Gasteiger partial charge in [-0.3, -0.25) is 4.98 Å². The molecule has 0 spiro atoms. The molecule has 3 aromatic rings. The Balaban J connectivity index is 0.000000178. The number of aromatic amines is 2. The van der Waals surface area contributed by atoms with E-state index in [9.17, 15) is 9.59 Å². The number of amides is 2. The van der Waals surface area contributed by atoms with Crippen LogP contribution in [0.15, 0.2) is 47.4 Å². The van der Waals surface area contributed by atoms with Gasteiger partial charge >= 0.3 is 11.7 Å². The molecule has 0 bridgehead atoms. The van der Waals surface area contributed by atoms with E-state index in [-0.39, 0.29) is 11.7 Å². The summed E-state index contributed by atoms with van der Waals surface area (Å²) in [5.41, 5.74) is 3.30. The van der Waals surface area contributed by atoms with Crippen molar-refractivity contribution in [3.05, 3.63) is 58.6 Å². The number of carbonyl (C=O) groups excluding carboxylic acids is 1. The number of benzene rings is 1. The minimum absolute atomic E-state index is 0.0115. The van der Waals surface area contributed by atoms with Crippen LogP contribution in [0.3, 0.4) is 0 Å². The normalized spacial score (nSPS) is 12.7. The molecule has 2 aromatic heterocycles. The lowest BCUT2D eigenvalue weighted by Gasteiger charge is -2.17. The molecule has 26 heavy (non-hydrogen) atoms. The number of para-hydroxylation sites is 1. The predicted octanol–water partition coefficient (Wildman–Crippen LogP) is 3.37. The number of rotatable bonds is 1. The fourth-order valence-electron chi connectivity index (χ4n) is 2.58. The van der Waals surface area contributed by atoms with E-state index in [1.807, 2.05) is 43.9 Å². The first kappa shape index (κ1) is 19.2. The summed E-state index contributed by atoms with van der Waals surface area (Å²) < 4.78 is 0. The molecule has 0 fully saturated rings. The number of urea groups is 1.